The molecule has 1 atom stereocenters. The van der Waals surface area contributed by atoms with E-state index < -0.39 is 23.8 Å². The molecule has 8 nitrogen and oxygen atoms in total. The summed E-state index contributed by atoms with van der Waals surface area (Å²) in [6, 6.07) is 11.9. The number of rotatable bonds is 10. The Morgan fingerprint density at radius 3 is 2.18 bits per heavy atom. The summed E-state index contributed by atoms with van der Waals surface area (Å²) in [6.45, 7) is 10.2. The van der Waals surface area contributed by atoms with Crippen LogP contribution in [0.3, 0.4) is 0 Å². The Morgan fingerprint density at radius 1 is 0.971 bits per heavy atom. The smallest absolute Gasteiger partial charge is 0.410 e. The highest BCUT2D eigenvalue weighted by atomic mass is 16.6. The highest BCUT2D eigenvalue weighted by molar-refractivity contribution is 5.75. The molecule has 2 aromatic carbocycles. The number of carbonyl (C=O) groups excluding carboxylic acids is 2. The average Bonchev–Trinajstić information content (AvgIpc) is 2.75. The van der Waals surface area contributed by atoms with E-state index in [4.69, 9.17) is 18.9 Å². The molecule has 8 heteroatoms. The molecule has 1 unspecified atom stereocenters. The summed E-state index contributed by atoms with van der Waals surface area (Å²) in [7, 11) is 1.56. The van der Waals surface area contributed by atoms with Gasteiger partial charge in [-0.25, -0.2) is 4.79 Å². The number of aliphatic hydroxyl groups excluding tert-OH is 1. The third kappa shape index (κ3) is 8.59. The maximum absolute atomic E-state index is 12.4. The average molecular weight is 474 g/mol. The summed E-state index contributed by atoms with van der Waals surface area (Å²) >= 11 is 0. The molecule has 0 saturated carbocycles. The van der Waals surface area contributed by atoms with Crippen molar-refractivity contribution in [3.63, 3.8) is 0 Å². The van der Waals surface area contributed by atoms with E-state index in [1.54, 1.807) is 70.3 Å². The summed E-state index contributed by atoms with van der Waals surface area (Å²) < 4.78 is 21.9. The number of ether oxygens (including phenoxy) is 4. The molecule has 0 aliphatic carbocycles. The van der Waals surface area contributed by atoms with E-state index in [9.17, 15) is 14.7 Å². The number of likely N-dealkylation sites (N-methyl/N-ethyl adjacent to an activating group) is 1. The highest BCUT2D eigenvalue weighted by Crippen LogP contribution is 2.29. The fourth-order valence-electron chi connectivity index (χ4n) is 3.08. The Hall–Kier alpha value is -3.26. The number of nitrogens with zero attached hydrogens (tertiary/aromatic N) is 1. The van der Waals surface area contributed by atoms with Crippen LogP contribution in [0, 0.1) is 0 Å². The summed E-state index contributed by atoms with van der Waals surface area (Å²) in [4.78, 5) is 25.8. The molecule has 2 aromatic rings. The summed E-state index contributed by atoms with van der Waals surface area (Å²) in [5.74, 6) is 1.15. The normalized spacial score (nSPS) is 12.0. The predicted octanol–water partition coefficient (Wildman–Crippen LogP) is 4.53. The zero-order valence-electron chi connectivity index (χ0n) is 20.8. The van der Waals surface area contributed by atoms with E-state index in [1.165, 1.54) is 4.90 Å². The Kier molecular flexibility index (Phi) is 9.74. The number of amides is 1. The van der Waals surface area contributed by atoms with Crippen LogP contribution in [0.1, 0.15) is 51.8 Å². The van der Waals surface area contributed by atoms with Crippen molar-refractivity contribution in [3.05, 3.63) is 53.6 Å². The summed E-state index contributed by atoms with van der Waals surface area (Å²) in [6.07, 6.45) is -1.36. The van der Waals surface area contributed by atoms with Gasteiger partial charge >= 0.3 is 12.1 Å². The van der Waals surface area contributed by atoms with Gasteiger partial charge < -0.3 is 29.0 Å². The van der Waals surface area contributed by atoms with Crippen molar-refractivity contribution in [2.75, 3.05) is 26.8 Å². The molecular weight excluding hydrogens is 438 g/mol. The third-order valence-electron chi connectivity index (χ3n) is 4.60. The van der Waals surface area contributed by atoms with Crippen molar-refractivity contribution in [2.45, 2.75) is 52.7 Å². The highest BCUT2D eigenvalue weighted by Gasteiger charge is 2.22. The summed E-state index contributed by atoms with van der Waals surface area (Å²) in [5, 5.41) is 10.5. The maximum atomic E-state index is 12.4. The zero-order valence-corrected chi connectivity index (χ0v) is 20.8. The molecule has 0 aliphatic rings. The van der Waals surface area contributed by atoms with Crippen molar-refractivity contribution in [1.29, 1.82) is 0 Å². The van der Waals surface area contributed by atoms with Gasteiger partial charge in [-0.3, -0.25) is 4.79 Å². The third-order valence-corrected chi connectivity index (χ3v) is 4.60. The number of esters is 1. The van der Waals surface area contributed by atoms with Gasteiger partial charge in [0.1, 0.15) is 11.4 Å². The van der Waals surface area contributed by atoms with Crippen molar-refractivity contribution in [2.24, 2.45) is 0 Å². The van der Waals surface area contributed by atoms with Crippen molar-refractivity contribution < 1.29 is 33.6 Å². The van der Waals surface area contributed by atoms with Crippen LogP contribution < -0.4 is 14.2 Å². The van der Waals surface area contributed by atoms with Gasteiger partial charge in [0.25, 0.3) is 0 Å². The minimum absolute atomic E-state index is 0.0634. The Bertz CT molecular complexity index is 951. The first-order valence-corrected chi connectivity index (χ1v) is 11.3. The topological polar surface area (TPSA) is 94.5 Å². The van der Waals surface area contributed by atoms with Crippen molar-refractivity contribution in [3.8, 4) is 17.2 Å². The molecule has 0 aliphatic heterocycles. The minimum atomic E-state index is -0.914. The largest absolute Gasteiger partial charge is 0.490 e. The minimum Gasteiger partial charge on any atom is -0.490 e. The SMILES string of the molecule is CCOc1ccc(CC(=O)Oc2ccc(C(O)CN(C)C(=O)OC(C)(C)C)cc2)cc1OCC. The van der Waals surface area contributed by atoms with E-state index >= 15 is 0 Å². The molecule has 0 radical (unpaired) electrons. The monoisotopic (exact) mass is 473 g/mol. The molecule has 0 saturated heterocycles. The van der Waals surface area contributed by atoms with Gasteiger partial charge in [0, 0.05) is 7.05 Å². The molecule has 0 aromatic heterocycles. The van der Waals surface area contributed by atoms with Crippen LogP contribution in [-0.4, -0.2) is 54.5 Å². The van der Waals surface area contributed by atoms with Crippen molar-refractivity contribution >= 4 is 12.1 Å². The van der Waals surface area contributed by atoms with Gasteiger partial charge in [-0.05, 0) is 70.0 Å². The van der Waals surface area contributed by atoms with Gasteiger partial charge in [0.15, 0.2) is 11.5 Å². The second-order valence-electron chi connectivity index (χ2n) is 8.74. The van der Waals surface area contributed by atoms with Crippen LogP contribution in [0.5, 0.6) is 17.2 Å². The lowest BCUT2D eigenvalue weighted by Gasteiger charge is -2.26. The van der Waals surface area contributed by atoms with Crippen LogP contribution in [0.25, 0.3) is 0 Å². The van der Waals surface area contributed by atoms with E-state index in [2.05, 4.69) is 0 Å². The maximum Gasteiger partial charge on any atom is 0.410 e. The predicted molar refractivity (Wildman–Crippen MR) is 128 cm³/mol. The van der Waals surface area contributed by atoms with Crippen LogP contribution in [0.2, 0.25) is 0 Å². The first-order valence-electron chi connectivity index (χ1n) is 11.3. The van der Waals surface area contributed by atoms with Crippen molar-refractivity contribution in [1.82, 2.24) is 4.90 Å². The molecule has 0 bridgehead atoms. The lowest BCUT2D eigenvalue weighted by molar-refractivity contribution is -0.133. The number of hydrogen-bond acceptors (Lipinski definition) is 7. The number of aliphatic hydroxyl groups is 1. The lowest BCUT2D eigenvalue weighted by atomic mass is 10.1. The number of benzene rings is 2. The summed E-state index contributed by atoms with van der Waals surface area (Å²) in [5.41, 5.74) is 0.717. The molecule has 0 spiro atoms. The van der Waals surface area contributed by atoms with Crippen LogP contribution in [-0.2, 0) is 16.0 Å². The van der Waals surface area contributed by atoms with E-state index in [-0.39, 0.29) is 13.0 Å². The number of carbonyl (C=O) groups is 2. The Balaban J connectivity index is 1.94. The molecule has 0 fully saturated rings. The van der Waals surface area contributed by atoms with E-state index in [0.717, 1.165) is 5.56 Å². The molecule has 1 amide bonds. The van der Waals surface area contributed by atoms with Crippen LogP contribution in [0.15, 0.2) is 42.5 Å². The Labute approximate surface area is 201 Å². The van der Waals surface area contributed by atoms with Gasteiger partial charge in [-0.15, -0.1) is 0 Å². The molecule has 0 heterocycles. The van der Waals surface area contributed by atoms with Crippen LogP contribution in [0.4, 0.5) is 4.79 Å². The molecule has 34 heavy (non-hydrogen) atoms. The fourth-order valence-corrected chi connectivity index (χ4v) is 3.08. The zero-order chi connectivity index (χ0) is 25.3. The fraction of sp³-hybridized carbons (Fsp3) is 0.462. The molecular formula is C26H35NO7. The van der Waals surface area contributed by atoms with E-state index in [0.29, 0.717) is 36.0 Å². The first-order chi connectivity index (χ1) is 16.0. The van der Waals surface area contributed by atoms with Gasteiger partial charge in [-0.1, -0.05) is 18.2 Å². The van der Waals surface area contributed by atoms with Crippen LogP contribution >= 0.6 is 0 Å². The first kappa shape index (κ1) is 27.0. The van der Waals surface area contributed by atoms with Gasteiger partial charge in [0.2, 0.25) is 0 Å². The molecule has 186 valence electrons. The van der Waals surface area contributed by atoms with E-state index in [1.807, 2.05) is 13.8 Å². The van der Waals surface area contributed by atoms with Gasteiger partial charge in [0.05, 0.1) is 32.3 Å². The lowest BCUT2D eigenvalue weighted by Crippen LogP contribution is -2.36. The quantitative estimate of drug-likeness (QED) is 0.400. The number of hydrogen-bond donors (Lipinski definition) is 1. The Morgan fingerprint density at radius 2 is 1.59 bits per heavy atom. The standard InChI is InChI=1S/C26H35NO7/c1-7-31-22-14-9-18(15-23(22)32-8-2)16-24(29)33-20-12-10-19(11-13-20)21(28)17-27(6)25(30)34-26(3,4)5/h9-15,21,28H,7-8,16-17H2,1-6H3. The van der Waals surface area contributed by atoms with Gasteiger partial charge in [-0.2, -0.15) is 0 Å². The molecule has 1 N–H and O–H groups in total. The molecule has 2 rings (SSSR count). The second kappa shape index (κ2) is 12.3. The second-order valence-corrected chi connectivity index (χ2v) is 8.74.